The van der Waals surface area contributed by atoms with Crippen LogP contribution in [-0.4, -0.2) is 31.7 Å². The summed E-state index contributed by atoms with van der Waals surface area (Å²) in [6.07, 6.45) is 0.452. The van der Waals surface area contributed by atoms with Crippen molar-refractivity contribution in [1.29, 1.82) is 0 Å². The van der Waals surface area contributed by atoms with Gasteiger partial charge in [-0.3, -0.25) is 9.63 Å². The van der Waals surface area contributed by atoms with E-state index in [4.69, 9.17) is 4.84 Å². The van der Waals surface area contributed by atoms with Gasteiger partial charge in [0.05, 0.1) is 12.8 Å². The van der Waals surface area contributed by atoms with Crippen LogP contribution in [0.4, 0.5) is 10.5 Å². The summed E-state index contributed by atoms with van der Waals surface area (Å²) in [6, 6.07) is 8.07. The van der Waals surface area contributed by atoms with Crippen LogP contribution in [0.3, 0.4) is 0 Å². The van der Waals surface area contributed by atoms with Gasteiger partial charge in [-0.15, -0.1) is 0 Å². The SMILES string of the molecule is CON(C)C(=O)N(C=O)c1ccccc1. The number of amides is 3. The Kier molecular flexibility index (Phi) is 3.82. The maximum atomic E-state index is 11.6. The number of imide groups is 1. The molecule has 0 bridgehead atoms. The number of benzene rings is 1. The van der Waals surface area contributed by atoms with E-state index in [-0.39, 0.29) is 0 Å². The number of carbonyl (C=O) groups is 2. The lowest BCUT2D eigenvalue weighted by molar-refractivity contribution is -0.108. The lowest BCUT2D eigenvalue weighted by Gasteiger charge is -2.21. The van der Waals surface area contributed by atoms with Crippen LogP contribution in [0.15, 0.2) is 30.3 Å². The molecule has 0 heterocycles. The second-order valence-electron chi connectivity index (χ2n) is 2.77. The average Bonchev–Trinajstić information content (AvgIpc) is 2.30. The summed E-state index contributed by atoms with van der Waals surface area (Å²) in [7, 11) is 2.79. The topological polar surface area (TPSA) is 49.9 Å². The van der Waals surface area contributed by atoms with Gasteiger partial charge in [-0.1, -0.05) is 18.2 Å². The van der Waals surface area contributed by atoms with Crippen molar-refractivity contribution < 1.29 is 14.4 Å². The highest BCUT2D eigenvalue weighted by atomic mass is 16.7. The first-order valence-electron chi connectivity index (χ1n) is 4.32. The summed E-state index contributed by atoms with van der Waals surface area (Å²) in [4.78, 5) is 28.1. The highest BCUT2D eigenvalue weighted by molar-refractivity contribution is 6.05. The van der Waals surface area contributed by atoms with Gasteiger partial charge in [-0.2, -0.15) is 0 Å². The molecule has 0 aromatic heterocycles. The predicted molar refractivity (Wildman–Crippen MR) is 55.2 cm³/mol. The van der Waals surface area contributed by atoms with Gasteiger partial charge in [0.2, 0.25) is 6.41 Å². The molecule has 15 heavy (non-hydrogen) atoms. The largest absolute Gasteiger partial charge is 0.354 e. The van der Waals surface area contributed by atoms with E-state index in [0.29, 0.717) is 12.1 Å². The molecule has 80 valence electrons. The molecule has 0 spiro atoms. The van der Waals surface area contributed by atoms with Gasteiger partial charge in [0.1, 0.15) is 0 Å². The van der Waals surface area contributed by atoms with Crippen LogP contribution in [0.5, 0.6) is 0 Å². The van der Waals surface area contributed by atoms with Crippen molar-refractivity contribution in [3.05, 3.63) is 30.3 Å². The third-order valence-corrected chi connectivity index (χ3v) is 1.89. The van der Waals surface area contributed by atoms with Crippen LogP contribution >= 0.6 is 0 Å². The van der Waals surface area contributed by atoms with Crippen molar-refractivity contribution in [2.75, 3.05) is 19.1 Å². The van der Waals surface area contributed by atoms with Gasteiger partial charge in [-0.05, 0) is 12.1 Å². The van der Waals surface area contributed by atoms with Crippen LogP contribution in [-0.2, 0) is 9.63 Å². The molecule has 5 heteroatoms. The summed E-state index contributed by atoms with van der Waals surface area (Å²) in [5.74, 6) is 0. The maximum Gasteiger partial charge on any atom is 0.354 e. The molecule has 0 fully saturated rings. The van der Waals surface area contributed by atoms with Crippen LogP contribution in [0.25, 0.3) is 0 Å². The number of hydrogen-bond donors (Lipinski definition) is 0. The molecular weight excluding hydrogens is 196 g/mol. The molecule has 0 atom stereocenters. The summed E-state index contributed by atoms with van der Waals surface area (Å²) < 4.78 is 0. The van der Waals surface area contributed by atoms with E-state index in [1.165, 1.54) is 14.2 Å². The van der Waals surface area contributed by atoms with E-state index in [0.717, 1.165) is 9.96 Å². The van der Waals surface area contributed by atoms with Crippen molar-refractivity contribution in [3.63, 3.8) is 0 Å². The van der Waals surface area contributed by atoms with E-state index in [1.54, 1.807) is 30.3 Å². The Labute approximate surface area is 87.8 Å². The monoisotopic (exact) mass is 208 g/mol. The fourth-order valence-electron chi connectivity index (χ4n) is 1.03. The van der Waals surface area contributed by atoms with Crippen LogP contribution in [0, 0.1) is 0 Å². The normalized spacial score (nSPS) is 9.47. The zero-order valence-corrected chi connectivity index (χ0v) is 8.58. The van der Waals surface area contributed by atoms with E-state index in [2.05, 4.69) is 0 Å². The highest BCUT2D eigenvalue weighted by Crippen LogP contribution is 2.12. The van der Waals surface area contributed by atoms with Gasteiger partial charge >= 0.3 is 6.03 Å². The van der Waals surface area contributed by atoms with E-state index in [1.807, 2.05) is 0 Å². The first-order chi connectivity index (χ1) is 7.20. The zero-order valence-electron chi connectivity index (χ0n) is 8.58. The standard InChI is InChI=1S/C10H12N2O3/c1-11(15-2)10(14)12(8-13)9-6-4-3-5-7-9/h3-8H,1-2H3. The number of para-hydroxylation sites is 1. The van der Waals surface area contributed by atoms with Crippen LogP contribution in [0.2, 0.25) is 0 Å². The Morgan fingerprint density at radius 2 is 1.93 bits per heavy atom. The molecule has 0 aliphatic rings. The minimum Gasteiger partial charge on any atom is -0.278 e. The number of urea groups is 1. The molecule has 5 nitrogen and oxygen atoms in total. The third kappa shape index (κ3) is 2.54. The molecule has 1 rings (SSSR count). The summed E-state index contributed by atoms with van der Waals surface area (Å²) >= 11 is 0. The summed E-state index contributed by atoms with van der Waals surface area (Å²) in [6.45, 7) is 0. The number of nitrogens with zero attached hydrogens (tertiary/aromatic N) is 2. The average molecular weight is 208 g/mol. The van der Waals surface area contributed by atoms with E-state index >= 15 is 0 Å². The van der Waals surface area contributed by atoms with Crippen LogP contribution in [0.1, 0.15) is 0 Å². The Morgan fingerprint density at radius 1 is 1.33 bits per heavy atom. The summed E-state index contributed by atoms with van der Waals surface area (Å²) in [5, 5.41) is 0.974. The number of rotatable bonds is 3. The minimum absolute atomic E-state index is 0.452. The lowest BCUT2D eigenvalue weighted by Crippen LogP contribution is -2.39. The highest BCUT2D eigenvalue weighted by Gasteiger charge is 2.18. The van der Waals surface area contributed by atoms with Crippen molar-refractivity contribution in [3.8, 4) is 0 Å². The molecule has 1 aromatic carbocycles. The third-order valence-electron chi connectivity index (χ3n) is 1.89. The molecule has 0 saturated heterocycles. The van der Waals surface area contributed by atoms with Gasteiger partial charge in [0, 0.05) is 7.05 Å². The second-order valence-corrected chi connectivity index (χ2v) is 2.77. The zero-order chi connectivity index (χ0) is 11.3. The summed E-state index contributed by atoms with van der Waals surface area (Å²) in [5.41, 5.74) is 0.501. The predicted octanol–water partition coefficient (Wildman–Crippen LogP) is 1.26. The fourth-order valence-corrected chi connectivity index (χ4v) is 1.03. The van der Waals surface area contributed by atoms with E-state index in [9.17, 15) is 9.59 Å². The Hall–Kier alpha value is -1.88. The quantitative estimate of drug-likeness (QED) is 0.555. The molecule has 1 aromatic rings. The fraction of sp³-hybridized carbons (Fsp3) is 0.200. The Bertz CT molecular complexity index is 340. The maximum absolute atomic E-state index is 11.6. The first kappa shape index (κ1) is 11.2. The molecular formula is C10H12N2O3. The van der Waals surface area contributed by atoms with Gasteiger partial charge < -0.3 is 0 Å². The minimum atomic E-state index is -0.543. The smallest absolute Gasteiger partial charge is 0.278 e. The molecule has 3 amide bonds. The van der Waals surface area contributed by atoms with Gasteiger partial charge in [-0.25, -0.2) is 14.8 Å². The van der Waals surface area contributed by atoms with Crippen molar-refractivity contribution in [2.24, 2.45) is 0 Å². The molecule has 0 aliphatic heterocycles. The van der Waals surface area contributed by atoms with Gasteiger partial charge in [0.15, 0.2) is 0 Å². The van der Waals surface area contributed by atoms with Crippen molar-refractivity contribution in [1.82, 2.24) is 5.06 Å². The molecule has 0 radical (unpaired) electrons. The van der Waals surface area contributed by atoms with Gasteiger partial charge in [0.25, 0.3) is 0 Å². The first-order valence-corrected chi connectivity index (χ1v) is 4.32. The number of hydrogen-bond acceptors (Lipinski definition) is 3. The van der Waals surface area contributed by atoms with E-state index < -0.39 is 6.03 Å². The number of anilines is 1. The van der Waals surface area contributed by atoms with Crippen molar-refractivity contribution >= 4 is 18.1 Å². The Balaban J connectivity index is 2.90. The molecule has 0 N–H and O–H groups in total. The van der Waals surface area contributed by atoms with Crippen LogP contribution < -0.4 is 4.90 Å². The molecule has 0 unspecified atom stereocenters. The Morgan fingerprint density at radius 3 is 2.40 bits per heavy atom. The molecule has 0 saturated carbocycles. The number of hydroxylamine groups is 2. The lowest BCUT2D eigenvalue weighted by atomic mass is 10.3. The second kappa shape index (κ2) is 5.11. The van der Waals surface area contributed by atoms with Crippen molar-refractivity contribution in [2.45, 2.75) is 0 Å². The number of carbonyl (C=O) groups excluding carboxylic acids is 2. The molecule has 0 aliphatic carbocycles.